The lowest BCUT2D eigenvalue weighted by molar-refractivity contribution is -0.547. The molecule has 0 bridgehead atoms. The van der Waals surface area contributed by atoms with Gasteiger partial charge in [-0.15, -0.1) is 0 Å². The Morgan fingerprint density at radius 3 is 1.33 bits per heavy atom. The Balaban J connectivity index is 4.63. The van der Waals surface area contributed by atoms with Crippen LogP contribution in [0.25, 0.3) is 0 Å². The van der Waals surface area contributed by atoms with Crippen molar-refractivity contribution in [3.05, 3.63) is 0 Å². The third-order valence-corrected chi connectivity index (χ3v) is 2.08. The van der Waals surface area contributed by atoms with Gasteiger partial charge in [-0.05, 0) is 48.5 Å². The molecule has 0 aromatic carbocycles. The molecule has 0 saturated heterocycles. The average Bonchev–Trinajstić information content (AvgIpc) is 2.20. The van der Waals surface area contributed by atoms with Crippen LogP contribution in [0.2, 0.25) is 0 Å². The zero-order chi connectivity index (χ0) is 14.6. The van der Waals surface area contributed by atoms with E-state index in [9.17, 15) is 5.11 Å². The second-order valence-electron chi connectivity index (χ2n) is 6.66. The highest BCUT2D eigenvalue weighted by molar-refractivity contribution is 4.69. The monoisotopic (exact) mass is 264 g/mol. The van der Waals surface area contributed by atoms with Crippen molar-refractivity contribution in [2.24, 2.45) is 5.92 Å². The second-order valence-corrected chi connectivity index (χ2v) is 6.66. The molecule has 0 spiro atoms. The van der Waals surface area contributed by atoms with Crippen molar-refractivity contribution in [3.63, 3.8) is 0 Å². The van der Waals surface area contributed by atoms with Crippen LogP contribution in [0.4, 0.5) is 0 Å². The van der Waals surface area contributed by atoms with Gasteiger partial charge < -0.3 is 5.11 Å². The molecular formula is C13H28O5. The molecule has 0 aliphatic rings. The van der Waals surface area contributed by atoms with Gasteiger partial charge in [0.1, 0.15) is 0 Å². The first kappa shape index (κ1) is 17.8. The van der Waals surface area contributed by atoms with E-state index in [2.05, 4.69) is 0 Å². The van der Waals surface area contributed by atoms with Crippen LogP contribution in [0.15, 0.2) is 0 Å². The van der Waals surface area contributed by atoms with E-state index in [4.69, 9.17) is 19.6 Å². The minimum atomic E-state index is -1.17. The van der Waals surface area contributed by atoms with Crippen LogP contribution in [-0.4, -0.2) is 28.7 Å². The Hall–Kier alpha value is -0.200. The Labute approximate surface area is 110 Å². The number of hydrogen-bond acceptors (Lipinski definition) is 5. The largest absolute Gasteiger partial charge is 0.396 e. The summed E-state index contributed by atoms with van der Waals surface area (Å²) in [6, 6.07) is 0. The van der Waals surface area contributed by atoms with E-state index in [-0.39, 0.29) is 12.5 Å². The van der Waals surface area contributed by atoms with Gasteiger partial charge in [-0.1, -0.05) is 6.92 Å². The van der Waals surface area contributed by atoms with Gasteiger partial charge in [0.15, 0.2) is 0 Å². The molecular weight excluding hydrogens is 236 g/mol. The topological polar surface area (TPSA) is 57.2 Å². The molecule has 110 valence electrons. The van der Waals surface area contributed by atoms with E-state index < -0.39 is 17.0 Å². The zero-order valence-corrected chi connectivity index (χ0v) is 12.9. The molecule has 1 N–H and O–H groups in total. The van der Waals surface area contributed by atoms with E-state index >= 15 is 0 Å². The summed E-state index contributed by atoms with van der Waals surface area (Å²) in [5.74, 6) is -1.47. The van der Waals surface area contributed by atoms with E-state index in [0.29, 0.717) is 0 Å². The van der Waals surface area contributed by atoms with Gasteiger partial charge in [0.25, 0.3) is 0 Å². The molecule has 0 aromatic heterocycles. The lowest BCUT2D eigenvalue weighted by atomic mass is 10.0. The number of rotatable bonds is 6. The van der Waals surface area contributed by atoms with Gasteiger partial charge >= 0.3 is 0 Å². The maximum absolute atomic E-state index is 9.26. The maximum atomic E-state index is 9.26. The van der Waals surface area contributed by atoms with Crippen molar-refractivity contribution in [2.45, 2.75) is 72.4 Å². The summed E-state index contributed by atoms with van der Waals surface area (Å²) in [6.07, 6.45) is 0. The molecule has 1 atom stereocenters. The first-order valence-electron chi connectivity index (χ1n) is 6.24. The van der Waals surface area contributed by atoms with E-state index in [0.717, 1.165) is 0 Å². The molecule has 0 aliphatic carbocycles. The maximum Gasteiger partial charge on any atom is 0.235 e. The molecule has 0 heterocycles. The van der Waals surface area contributed by atoms with Gasteiger partial charge in [0, 0.05) is 5.92 Å². The van der Waals surface area contributed by atoms with Crippen LogP contribution in [0.1, 0.15) is 55.4 Å². The zero-order valence-electron chi connectivity index (χ0n) is 12.9. The average molecular weight is 264 g/mol. The van der Waals surface area contributed by atoms with Crippen molar-refractivity contribution < 1.29 is 24.7 Å². The van der Waals surface area contributed by atoms with Gasteiger partial charge in [-0.25, -0.2) is 9.78 Å². The summed E-state index contributed by atoms with van der Waals surface area (Å²) in [5.41, 5.74) is -0.941. The summed E-state index contributed by atoms with van der Waals surface area (Å²) in [5, 5.41) is 9.26. The quantitative estimate of drug-likeness (QED) is 0.454. The van der Waals surface area contributed by atoms with Gasteiger partial charge in [0.05, 0.1) is 17.8 Å². The number of aliphatic hydroxyl groups is 1. The molecule has 0 aromatic rings. The molecule has 1 unspecified atom stereocenters. The molecule has 0 amide bonds. The Morgan fingerprint density at radius 1 is 0.778 bits per heavy atom. The van der Waals surface area contributed by atoms with E-state index in [1.54, 1.807) is 13.8 Å². The van der Waals surface area contributed by atoms with Crippen molar-refractivity contribution in [1.29, 1.82) is 0 Å². The lowest BCUT2D eigenvalue weighted by Gasteiger charge is -2.35. The molecule has 0 aliphatic heterocycles. The Kier molecular flexibility index (Phi) is 6.23. The summed E-state index contributed by atoms with van der Waals surface area (Å²) in [6.45, 7) is 14.5. The van der Waals surface area contributed by atoms with Crippen molar-refractivity contribution in [3.8, 4) is 0 Å². The van der Waals surface area contributed by atoms with Gasteiger partial charge in [0.2, 0.25) is 5.79 Å². The smallest absolute Gasteiger partial charge is 0.235 e. The van der Waals surface area contributed by atoms with Gasteiger partial charge in [-0.2, -0.15) is 9.78 Å². The first-order chi connectivity index (χ1) is 7.90. The highest BCUT2D eigenvalue weighted by Crippen LogP contribution is 2.28. The van der Waals surface area contributed by atoms with Crippen LogP contribution < -0.4 is 0 Å². The summed E-state index contributed by atoms with van der Waals surface area (Å²) in [7, 11) is 0. The molecule has 5 heteroatoms. The Bertz CT molecular complexity index is 221. The number of aliphatic hydroxyl groups excluding tert-OH is 1. The van der Waals surface area contributed by atoms with Crippen LogP contribution in [0, 0.1) is 5.92 Å². The van der Waals surface area contributed by atoms with Crippen molar-refractivity contribution in [1.82, 2.24) is 0 Å². The molecule has 0 saturated carbocycles. The summed E-state index contributed by atoms with van der Waals surface area (Å²) >= 11 is 0. The van der Waals surface area contributed by atoms with Crippen molar-refractivity contribution in [2.75, 3.05) is 6.61 Å². The Morgan fingerprint density at radius 2 is 1.11 bits per heavy atom. The molecule has 0 radical (unpaired) electrons. The normalized spacial score (nSPS) is 15.8. The highest BCUT2D eigenvalue weighted by atomic mass is 17.3. The van der Waals surface area contributed by atoms with Crippen molar-refractivity contribution >= 4 is 0 Å². The minimum absolute atomic E-state index is 0.0997. The second kappa shape index (κ2) is 6.30. The van der Waals surface area contributed by atoms with Gasteiger partial charge in [-0.3, -0.25) is 0 Å². The summed E-state index contributed by atoms with van der Waals surface area (Å²) < 4.78 is 0. The van der Waals surface area contributed by atoms with Crippen LogP contribution in [-0.2, 0) is 19.6 Å². The third-order valence-electron chi connectivity index (χ3n) is 2.08. The van der Waals surface area contributed by atoms with E-state index in [1.807, 2.05) is 41.5 Å². The molecule has 5 nitrogen and oxygen atoms in total. The van der Waals surface area contributed by atoms with Crippen LogP contribution >= 0.6 is 0 Å². The molecule has 0 rings (SSSR count). The molecule has 0 fully saturated rings. The molecule has 18 heavy (non-hydrogen) atoms. The van der Waals surface area contributed by atoms with Crippen LogP contribution in [0.5, 0.6) is 0 Å². The highest BCUT2D eigenvalue weighted by Gasteiger charge is 2.39. The predicted molar refractivity (Wildman–Crippen MR) is 68.5 cm³/mol. The number of hydrogen-bond donors (Lipinski definition) is 1. The SMILES string of the molecule is CC(CO)C(C)(OOC(C)(C)C)OOC(C)(C)C. The standard InChI is InChI=1S/C13H28O5/c1-10(9-14)13(8,17-15-11(2,3)4)18-16-12(5,6)7/h10,14H,9H2,1-8H3. The fraction of sp³-hybridized carbons (Fsp3) is 1.00. The fourth-order valence-corrected chi connectivity index (χ4v) is 0.759. The fourth-order valence-electron chi connectivity index (χ4n) is 0.759. The van der Waals surface area contributed by atoms with Crippen LogP contribution in [0.3, 0.4) is 0 Å². The third kappa shape index (κ3) is 7.28. The van der Waals surface area contributed by atoms with E-state index in [1.165, 1.54) is 0 Å². The predicted octanol–water partition coefficient (Wildman–Crippen LogP) is 2.82. The summed E-state index contributed by atoms with van der Waals surface area (Å²) in [4.78, 5) is 21.2. The minimum Gasteiger partial charge on any atom is -0.396 e. The first-order valence-corrected chi connectivity index (χ1v) is 6.24. The lowest BCUT2D eigenvalue weighted by Crippen LogP contribution is -2.44.